The van der Waals surface area contributed by atoms with Crippen molar-refractivity contribution in [2.75, 3.05) is 5.32 Å². The lowest BCUT2D eigenvalue weighted by atomic mass is 10.2. The average Bonchev–Trinajstić information content (AvgIpc) is 2.65. The summed E-state index contributed by atoms with van der Waals surface area (Å²) in [7, 11) is 0. The number of aryl methyl sites for hydroxylation is 3. The van der Waals surface area contributed by atoms with Crippen molar-refractivity contribution >= 4 is 50.5 Å². The fraction of sp³-hybridized carbons (Fsp3) is 0.231. The smallest absolute Gasteiger partial charge is 0.267 e. The Morgan fingerprint density at radius 2 is 2.05 bits per heavy atom. The van der Waals surface area contributed by atoms with Crippen LogP contribution >= 0.6 is 38.9 Å². The molecule has 0 saturated carbocycles. The molecule has 0 saturated heterocycles. The third-order valence-electron chi connectivity index (χ3n) is 2.61. The average molecular weight is 360 g/mol. The van der Waals surface area contributed by atoms with E-state index in [0.29, 0.717) is 15.6 Å². The third kappa shape index (κ3) is 3.16. The number of carbonyl (C=O) groups is 1. The molecule has 2 rings (SSSR count). The number of carbonyl (C=O) groups excluding carboxylic acids is 1. The normalized spacial score (nSPS) is 10.6. The zero-order valence-electron chi connectivity index (χ0n) is 10.7. The highest BCUT2D eigenvalue weighted by Gasteiger charge is 2.15. The lowest BCUT2D eigenvalue weighted by molar-refractivity contribution is 0.102. The topological polar surface area (TPSA) is 42.0 Å². The molecule has 3 nitrogen and oxygen atoms in total. The maximum atomic E-state index is 12.2. The van der Waals surface area contributed by atoms with Gasteiger partial charge in [-0.15, -0.1) is 11.3 Å². The van der Waals surface area contributed by atoms with Crippen LogP contribution in [0.2, 0.25) is 5.02 Å². The van der Waals surface area contributed by atoms with Crippen LogP contribution in [-0.2, 0) is 0 Å². The molecule has 100 valence electrons. The van der Waals surface area contributed by atoms with E-state index in [1.807, 2.05) is 26.8 Å². The van der Waals surface area contributed by atoms with E-state index in [1.54, 1.807) is 6.07 Å². The minimum atomic E-state index is -0.163. The van der Waals surface area contributed by atoms with Crippen molar-refractivity contribution in [1.82, 2.24) is 4.98 Å². The first-order valence-electron chi connectivity index (χ1n) is 5.59. The van der Waals surface area contributed by atoms with Gasteiger partial charge >= 0.3 is 0 Å². The van der Waals surface area contributed by atoms with E-state index >= 15 is 0 Å². The van der Waals surface area contributed by atoms with E-state index < -0.39 is 0 Å². The molecule has 0 unspecified atom stereocenters. The van der Waals surface area contributed by atoms with E-state index in [1.165, 1.54) is 11.3 Å². The van der Waals surface area contributed by atoms with Gasteiger partial charge in [-0.3, -0.25) is 4.79 Å². The van der Waals surface area contributed by atoms with Gasteiger partial charge in [0, 0.05) is 9.50 Å². The molecule has 1 amide bonds. The summed E-state index contributed by atoms with van der Waals surface area (Å²) in [5.41, 5.74) is 2.36. The highest BCUT2D eigenvalue weighted by atomic mass is 79.9. The summed E-state index contributed by atoms with van der Waals surface area (Å²) in [6.07, 6.45) is 0. The van der Waals surface area contributed by atoms with Crippen LogP contribution in [0.25, 0.3) is 0 Å². The molecule has 0 atom stereocenters. The second-order valence-electron chi connectivity index (χ2n) is 4.18. The molecule has 0 radical (unpaired) electrons. The molecule has 0 aliphatic rings. The van der Waals surface area contributed by atoms with Gasteiger partial charge < -0.3 is 5.32 Å². The molecular weight excluding hydrogens is 348 g/mol. The van der Waals surface area contributed by atoms with Crippen molar-refractivity contribution < 1.29 is 4.79 Å². The molecule has 0 spiro atoms. The molecular formula is C13H12BrClN2OS. The number of nitrogens with zero attached hydrogens (tertiary/aromatic N) is 1. The standard InChI is InChI=1S/C13H12BrClN2OS/c1-6-4-9(14)11(5-10(6)15)17-13(18)12-7(2)16-8(3)19-12/h4-5H,1-3H3,(H,17,18). The van der Waals surface area contributed by atoms with Gasteiger partial charge in [-0.05, 0) is 54.4 Å². The second-order valence-corrected chi connectivity index (χ2v) is 6.65. The van der Waals surface area contributed by atoms with Crippen molar-refractivity contribution in [3.8, 4) is 0 Å². The fourth-order valence-corrected chi connectivity index (χ4v) is 3.20. The van der Waals surface area contributed by atoms with Crippen LogP contribution in [0.3, 0.4) is 0 Å². The van der Waals surface area contributed by atoms with Crippen molar-refractivity contribution in [3.63, 3.8) is 0 Å². The van der Waals surface area contributed by atoms with Crippen LogP contribution in [-0.4, -0.2) is 10.9 Å². The van der Waals surface area contributed by atoms with Crippen LogP contribution in [0.1, 0.15) is 25.9 Å². The van der Waals surface area contributed by atoms with Gasteiger partial charge in [0.25, 0.3) is 5.91 Å². The summed E-state index contributed by atoms with van der Waals surface area (Å²) in [6.45, 7) is 5.62. The Labute approximate surface area is 129 Å². The fourth-order valence-electron chi connectivity index (χ4n) is 1.66. The molecule has 1 aromatic heterocycles. The van der Waals surface area contributed by atoms with Crippen LogP contribution in [0.15, 0.2) is 16.6 Å². The number of thiazole rings is 1. The van der Waals surface area contributed by atoms with E-state index in [0.717, 1.165) is 20.7 Å². The van der Waals surface area contributed by atoms with Gasteiger partial charge in [-0.25, -0.2) is 4.98 Å². The Hall–Kier alpha value is -0.910. The Bertz CT molecular complexity index is 654. The summed E-state index contributed by atoms with van der Waals surface area (Å²) < 4.78 is 0.807. The Kier molecular flexibility index (Phi) is 4.28. The largest absolute Gasteiger partial charge is 0.320 e. The quantitative estimate of drug-likeness (QED) is 0.841. The van der Waals surface area contributed by atoms with Crippen molar-refractivity contribution in [2.24, 2.45) is 0 Å². The first-order chi connectivity index (χ1) is 8.88. The number of benzene rings is 1. The van der Waals surface area contributed by atoms with Crippen LogP contribution < -0.4 is 5.32 Å². The van der Waals surface area contributed by atoms with Gasteiger partial charge in [0.1, 0.15) is 4.88 Å². The Morgan fingerprint density at radius 3 is 2.63 bits per heavy atom. The molecule has 0 fully saturated rings. The summed E-state index contributed by atoms with van der Waals surface area (Å²) in [4.78, 5) is 17.1. The third-order valence-corrected chi connectivity index (χ3v) is 4.74. The number of rotatable bonds is 2. The molecule has 0 aliphatic heterocycles. The number of halogens is 2. The Balaban J connectivity index is 2.29. The number of hydrogen-bond donors (Lipinski definition) is 1. The number of amides is 1. The van der Waals surface area contributed by atoms with Gasteiger partial charge in [0.05, 0.1) is 16.4 Å². The predicted molar refractivity (Wildman–Crippen MR) is 83.4 cm³/mol. The first-order valence-corrected chi connectivity index (χ1v) is 7.58. The highest BCUT2D eigenvalue weighted by Crippen LogP contribution is 2.30. The lowest BCUT2D eigenvalue weighted by Crippen LogP contribution is -2.12. The molecule has 0 bridgehead atoms. The summed E-state index contributed by atoms with van der Waals surface area (Å²) in [6, 6.07) is 3.62. The first kappa shape index (κ1) is 14.5. The predicted octanol–water partition coefficient (Wildman–Crippen LogP) is 4.74. The van der Waals surface area contributed by atoms with Gasteiger partial charge in [0.15, 0.2) is 0 Å². The molecule has 2 aromatic rings. The number of hydrogen-bond acceptors (Lipinski definition) is 3. The zero-order valence-corrected chi connectivity index (χ0v) is 13.8. The minimum Gasteiger partial charge on any atom is -0.320 e. The lowest BCUT2D eigenvalue weighted by Gasteiger charge is -2.09. The summed E-state index contributed by atoms with van der Waals surface area (Å²) in [5.74, 6) is -0.163. The zero-order chi connectivity index (χ0) is 14.2. The second kappa shape index (κ2) is 5.61. The molecule has 1 N–H and O–H groups in total. The molecule has 19 heavy (non-hydrogen) atoms. The molecule has 1 aromatic carbocycles. The maximum Gasteiger partial charge on any atom is 0.267 e. The summed E-state index contributed by atoms with van der Waals surface area (Å²) >= 11 is 10.9. The molecule has 1 heterocycles. The SMILES string of the molecule is Cc1nc(C)c(C(=O)Nc2cc(Cl)c(C)cc2Br)s1. The van der Waals surface area contributed by atoms with Crippen LogP contribution in [0.4, 0.5) is 5.69 Å². The summed E-state index contributed by atoms with van der Waals surface area (Å²) in [5, 5.41) is 4.35. The number of nitrogens with one attached hydrogen (secondary N) is 1. The van der Waals surface area contributed by atoms with Crippen molar-refractivity contribution in [3.05, 3.63) is 42.8 Å². The van der Waals surface area contributed by atoms with E-state index in [4.69, 9.17) is 11.6 Å². The van der Waals surface area contributed by atoms with Gasteiger partial charge in [0.2, 0.25) is 0 Å². The monoisotopic (exact) mass is 358 g/mol. The van der Waals surface area contributed by atoms with Crippen LogP contribution in [0, 0.1) is 20.8 Å². The van der Waals surface area contributed by atoms with E-state index in [-0.39, 0.29) is 5.91 Å². The van der Waals surface area contributed by atoms with Gasteiger partial charge in [-0.1, -0.05) is 11.6 Å². The molecule has 0 aliphatic carbocycles. The van der Waals surface area contributed by atoms with E-state index in [2.05, 4.69) is 26.2 Å². The molecule has 6 heteroatoms. The maximum absolute atomic E-state index is 12.2. The van der Waals surface area contributed by atoms with Crippen LogP contribution in [0.5, 0.6) is 0 Å². The van der Waals surface area contributed by atoms with Crippen molar-refractivity contribution in [1.29, 1.82) is 0 Å². The number of anilines is 1. The van der Waals surface area contributed by atoms with Crippen molar-refractivity contribution in [2.45, 2.75) is 20.8 Å². The highest BCUT2D eigenvalue weighted by molar-refractivity contribution is 9.10. The minimum absolute atomic E-state index is 0.163. The van der Waals surface area contributed by atoms with E-state index in [9.17, 15) is 4.79 Å². The van der Waals surface area contributed by atoms with Gasteiger partial charge in [-0.2, -0.15) is 0 Å². The number of aromatic nitrogens is 1. The Morgan fingerprint density at radius 1 is 1.37 bits per heavy atom.